The van der Waals surface area contributed by atoms with E-state index in [-0.39, 0.29) is 5.82 Å². The smallest absolute Gasteiger partial charge is 0.194 e. The molecule has 0 saturated carbocycles. The van der Waals surface area contributed by atoms with Crippen LogP contribution in [-0.2, 0) is 15.3 Å². The van der Waals surface area contributed by atoms with Crippen molar-refractivity contribution in [2.45, 2.75) is 25.6 Å². The van der Waals surface area contributed by atoms with E-state index in [1.807, 2.05) is 0 Å². The lowest BCUT2D eigenvalue weighted by Crippen LogP contribution is -2.31. The summed E-state index contributed by atoms with van der Waals surface area (Å²) in [5, 5.41) is 0. The molecule has 0 amide bonds. The predicted octanol–water partition coefficient (Wildman–Crippen LogP) is 2.32. The van der Waals surface area contributed by atoms with Crippen LogP contribution in [0.25, 0.3) is 0 Å². The van der Waals surface area contributed by atoms with E-state index >= 15 is 0 Å². The molecule has 3 nitrogen and oxygen atoms in total. The Kier molecular flexibility index (Phi) is 5.05. The zero-order valence-electron chi connectivity index (χ0n) is 10.6. The van der Waals surface area contributed by atoms with Gasteiger partial charge in [0.05, 0.1) is 0 Å². The van der Waals surface area contributed by atoms with Gasteiger partial charge in [-0.15, -0.1) is 0 Å². The second-order valence-corrected chi connectivity index (χ2v) is 4.02. The maximum Gasteiger partial charge on any atom is 0.194 e. The molecule has 1 aromatic rings. The maximum atomic E-state index is 13.2. The molecular weight excluding hydrogens is 221 g/mol. The van der Waals surface area contributed by atoms with Gasteiger partial charge in [-0.2, -0.15) is 0 Å². The molecule has 0 saturated heterocycles. The summed E-state index contributed by atoms with van der Waals surface area (Å²) in [4.78, 5) is 0. The van der Waals surface area contributed by atoms with Gasteiger partial charge in [-0.05, 0) is 37.6 Å². The summed E-state index contributed by atoms with van der Waals surface area (Å²) in [5.74, 6) is -1.06. The molecule has 0 atom stereocenters. The highest BCUT2D eigenvalue weighted by molar-refractivity contribution is 5.27. The largest absolute Gasteiger partial charge is 0.349 e. The highest BCUT2D eigenvalue weighted by atomic mass is 19.1. The molecule has 96 valence electrons. The summed E-state index contributed by atoms with van der Waals surface area (Å²) in [6.45, 7) is 2.28. The monoisotopic (exact) mass is 241 g/mol. The van der Waals surface area contributed by atoms with Crippen molar-refractivity contribution in [1.29, 1.82) is 0 Å². The average molecular weight is 241 g/mol. The van der Waals surface area contributed by atoms with Gasteiger partial charge < -0.3 is 15.2 Å². The fourth-order valence-corrected chi connectivity index (χ4v) is 1.88. The summed E-state index contributed by atoms with van der Waals surface area (Å²) in [7, 11) is 3.16. The van der Waals surface area contributed by atoms with Gasteiger partial charge >= 0.3 is 0 Å². The first-order valence-corrected chi connectivity index (χ1v) is 5.66. The van der Waals surface area contributed by atoms with Crippen molar-refractivity contribution >= 4 is 0 Å². The van der Waals surface area contributed by atoms with Crippen molar-refractivity contribution in [2.75, 3.05) is 20.8 Å². The number of aryl methyl sites for hydroxylation is 1. The average Bonchev–Trinajstić information content (AvgIpc) is 2.35. The lowest BCUT2D eigenvalue weighted by Gasteiger charge is -2.31. The van der Waals surface area contributed by atoms with Crippen LogP contribution in [-0.4, -0.2) is 20.8 Å². The summed E-state index contributed by atoms with van der Waals surface area (Å²) >= 11 is 0. The minimum Gasteiger partial charge on any atom is -0.349 e. The van der Waals surface area contributed by atoms with E-state index in [0.717, 1.165) is 12.0 Å². The van der Waals surface area contributed by atoms with Gasteiger partial charge in [-0.25, -0.2) is 4.39 Å². The first kappa shape index (κ1) is 14.1. The van der Waals surface area contributed by atoms with Crippen LogP contribution in [0.3, 0.4) is 0 Å². The van der Waals surface area contributed by atoms with Gasteiger partial charge in [0.25, 0.3) is 0 Å². The highest BCUT2D eigenvalue weighted by Crippen LogP contribution is 2.31. The fourth-order valence-electron chi connectivity index (χ4n) is 1.88. The highest BCUT2D eigenvalue weighted by Gasteiger charge is 2.31. The summed E-state index contributed by atoms with van der Waals surface area (Å²) in [6.07, 6.45) is 1.42. The third-order valence-corrected chi connectivity index (χ3v) is 2.97. The van der Waals surface area contributed by atoms with Gasteiger partial charge in [-0.3, -0.25) is 0 Å². The molecule has 0 unspecified atom stereocenters. The third-order valence-electron chi connectivity index (χ3n) is 2.97. The first-order chi connectivity index (χ1) is 8.09. The van der Waals surface area contributed by atoms with Crippen LogP contribution in [0, 0.1) is 12.7 Å². The Hall–Kier alpha value is -0.970. The van der Waals surface area contributed by atoms with Crippen molar-refractivity contribution in [1.82, 2.24) is 0 Å². The van der Waals surface area contributed by atoms with E-state index in [4.69, 9.17) is 15.2 Å². The predicted molar refractivity (Wildman–Crippen MR) is 65.1 cm³/mol. The Morgan fingerprint density at radius 2 is 1.94 bits per heavy atom. The Labute approximate surface area is 102 Å². The van der Waals surface area contributed by atoms with Crippen LogP contribution in [0.5, 0.6) is 0 Å². The van der Waals surface area contributed by atoms with E-state index in [1.165, 1.54) is 6.07 Å². The van der Waals surface area contributed by atoms with Crippen LogP contribution in [0.1, 0.15) is 24.0 Å². The normalized spacial score (nSPS) is 11.8. The molecule has 1 rings (SSSR count). The zero-order valence-corrected chi connectivity index (χ0v) is 10.6. The number of methoxy groups -OCH3 is 2. The quantitative estimate of drug-likeness (QED) is 0.777. The topological polar surface area (TPSA) is 44.5 Å². The van der Waals surface area contributed by atoms with Gasteiger partial charge in [0.2, 0.25) is 0 Å². The van der Waals surface area contributed by atoms with Crippen molar-refractivity contribution in [3.8, 4) is 0 Å². The molecule has 0 aliphatic heterocycles. The zero-order chi connectivity index (χ0) is 12.9. The summed E-state index contributed by atoms with van der Waals surface area (Å²) < 4.78 is 24.2. The lowest BCUT2D eigenvalue weighted by molar-refractivity contribution is -0.220. The molecule has 0 bridgehead atoms. The molecule has 2 N–H and O–H groups in total. The van der Waals surface area contributed by atoms with Gasteiger partial charge in [0.15, 0.2) is 5.79 Å². The molecule has 0 aliphatic carbocycles. The molecule has 0 radical (unpaired) electrons. The number of hydrogen-bond donors (Lipinski definition) is 1. The van der Waals surface area contributed by atoms with Crippen molar-refractivity contribution in [3.63, 3.8) is 0 Å². The van der Waals surface area contributed by atoms with Crippen LogP contribution < -0.4 is 5.73 Å². The van der Waals surface area contributed by atoms with Gasteiger partial charge in [0, 0.05) is 26.2 Å². The standard InChI is InChI=1S/C13H20FNO2/c1-10-9-11(5-6-12(10)14)13(16-2,17-3)7-4-8-15/h5-6,9H,4,7-8,15H2,1-3H3. The van der Waals surface area contributed by atoms with E-state index in [9.17, 15) is 4.39 Å². The molecule has 17 heavy (non-hydrogen) atoms. The molecular formula is C13H20FNO2. The minimum absolute atomic E-state index is 0.228. The number of nitrogens with two attached hydrogens (primary N) is 1. The molecule has 0 aliphatic rings. The molecule has 0 spiro atoms. The van der Waals surface area contributed by atoms with E-state index in [1.54, 1.807) is 33.3 Å². The van der Waals surface area contributed by atoms with Crippen LogP contribution in [0.15, 0.2) is 18.2 Å². The number of ether oxygens (including phenoxy) is 2. The third kappa shape index (κ3) is 3.03. The van der Waals surface area contributed by atoms with Crippen LogP contribution in [0.4, 0.5) is 4.39 Å². The Morgan fingerprint density at radius 1 is 1.29 bits per heavy atom. The van der Waals surface area contributed by atoms with Crippen molar-refractivity contribution < 1.29 is 13.9 Å². The molecule has 1 aromatic carbocycles. The second kappa shape index (κ2) is 6.10. The SMILES string of the molecule is COC(CCCN)(OC)c1ccc(F)c(C)c1. The summed E-state index contributed by atoms with van der Waals surface area (Å²) in [5.41, 5.74) is 6.90. The second-order valence-electron chi connectivity index (χ2n) is 4.02. The number of hydrogen-bond acceptors (Lipinski definition) is 3. The minimum atomic E-state index is -0.835. The van der Waals surface area contributed by atoms with Crippen LogP contribution >= 0.6 is 0 Å². The van der Waals surface area contributed by atoms with Crippen molar-refractivity contribution in [2.24, 2.45) is 5.73 Å². The number of benzene rings is 1. The number of rotatable bonds is 6. The van der Waals surface area contributed by atoms with E-state index in [0.29, 0.717) is 18.5 Å². The number of halogens is 1. The summed E-state index contributed by atoms with van der Waals surface area (Å²) in [6, 6.07) is 4.87. The maximum absolute atomic E-state index is 13.2. The Morgan fingerprint density at radius 3 is 2.41 bits per heavy atom. The van der Waals surface area contributed by atoms with Crippen LogP contribution in [0.2, 0.25) is 0 Å². The van der Waals surface area contributed by atoms with E-state index < -0.39 is 5.79 Å². The Bertz CT molecular complexity index is 364. The molecule has 0 heterocycles. The molecule has 0 fully saturated rings. The van der Waals surface area contributed by atoms with Crippen molar-refractivity contribution in [3.05, 3.63) is 35.1 Å². The van der Waals surface area contributed by atoms with E-state index in [2.05, 4.69) is 0 Å². The fraction of sp³-hybridized carbons (Fsp3) is 0.538. The first-order valence-electron chi connectivity index (χ1n) is 5.66. The lowest BCUT2D eigenvalue weighted by atomic mass is 9.98. The molecule has 0 aromatic heterocycles. The molecule has 4 heteroatoms. The van der Waals surface area contributed by atoms with Gasteiger partial charge in [-0.1, -0.05) is 6.07 Å². The Balaban J connectivity index is 3.07. The van der Waals surface area contributed by atoms with Gasteiger partial charge in [0.1, 0.15) is 5.82 Å².